The highest BCUT2D eigenvalue weighted by Crippen LogP contribution is 2.37. The summed E-state index contributed by atoms with van der Waals surface area (Å²) in [4.78, 5) is 0.240. The lowest BCUT2D eigenvalue weighted by Crippen LogP contribution is -2.35. The molecule has 0 amide bonds. The fourth-order valence-corrected chi connectivity index (χ4v) is 5.28. The Hall–Kier alpha value is -2.06. The third kappa shape index (κ3) is 3.19. The fraction of sp³-hybridized carbons (Fsp3) is 0.500. The minimum absolute atomic E-state index is 0.239. The van der Waals surface area contributed by atoms with Crippen LogP contribution in [0.25, 0.3) is 0 Å². The van der Waals surface area contributed by atoms with Gasteiger partial charge in [0.15, 0.2) is 11.5 Å². The first-order valence-electron chi connectivity index (χ1n) is 8.97. The van der Waals surface area contributed by atoms with Gasteiger partial charge in [0, 0.05) is 25.9 Å². The number of ether oxygens (including phenoxy) is 2. The van der Waals surface area contributed by atoms with Crippen LogP contribution in [0.3, 0.4) is 0 Å². The minimum Gasteiger partial charge on any atom is -0.486 e. The molecule has 0 bridgehead atoms. The molecule has 1 aromatic heterocycles. The van der Waals surface area contributed by atoms with E-state index in [0.717, 1.165) is 31.4 Å². The molecule has 2 aliphatic heterocycles. The highest BCUT2D eigenvalue weighted by Gasteiger charge is 2.35. The molecule has 1 atom stereocenters. The van der Waals surface area contributed by atoms with Crippen LogP contribution < -0.4 is 9.47 Å². The largest absolute Gasteiger partial charge is 0.486 e. The van der Waals surface area contributed by atoms with Gasteiger partial charge < -0.3 is 9.47 Å². The summed E-state index contributed by atoms with van der Waals surface area (Å²) in [5.74, 6) is 1.08. The number of aromatic nitrogens is 2. The monoisotopic (exact) mass is 377 g/mol. The molecule has 8 heteroatoms. The first-order chi connectivity index (χ1) is 12.6. The molecule has 1 aromatic carbocycles. The van der Waals surface area contributed by atoms with Crippen molar-refractivity contribution in [2.45, 2.75) is 36.6 Å². The number of hydrogen-bond donors (Lipinski definition) is 0. The normalized spacial score (nSPS) is 21.3. The minimum atomic E-state index is -3.66. The summed E-state index contributed by atoms with van der Waals surface area (Å²) >= 11 is 0. The van der Waals surface area contributed by atoms with Crippen LogP contribution in [-0.4, -0.2) is 42.3 Å². The molecule has 0 radical (unpaired) electrons. The van der Waals surface area contributed by atoms with E-state index in [-0.39, 0.29) is 10.9 Å². The van der Waals surface area contributed by atoms with Crippen LogP contribution >= 0.6 is 0 Å². The maximum absolute atomic E-state index is 13.4. The van der Waals surface area contributed by atoms with Crippen molar-refractivity contribution >= 4 is 10.0 Å². The predicted molar refractivity (Wildman–Crippen MR) is 95.7 cm³/mol. The highest BCUT2D eigenvalue weighted by molar-refractivity contribution is 7.89. The summed E-state index contributed by atoms with van der Waals surface area (Å²) in [5, 5.41) is 4.47. The zero-order valence-corrected chi connectivity index (χ0v) is 15.6. The van der Waals surface area contributed by atoms with Crippen molar-refractivity contribution in [2.24, 2.45) is 7.05 Å². The average molecular weight is 377 g/mol. The molecule has 1 unspecified atom stereocenters. The van der Waals surface area contributed by atoms with E-state index in [2.05, 4.69) is 5.10 Å². The van der Waals surface area contributed by atoms with E-state index in [1.807, 2.05) is 19.3 Å². The second kappa shape index (κ2) is 6.92. The molecule has 0 N–H and O–H groups in total. The molecule has 140 valence electrons. The van der Waals surface area contributed by atoms with Gasteiger partial charge in [-0.15, -0.1) is 0 Å². The maximum Gasteiger partial charge on any atom is 0.243 e. The van der Waals surface area contributed by atoms with Gasteiger partial charge in [-0.25, -0.2) is 8.42 Å². The zero-order valence-electron chi connectivity index (χ0n) is 14.8. The van der Waals surface area contributed by atoms with Gasteiger partial charge in [-0.3, -0.25) is 4.68 Å². The molecular formula is C18H23N3O4S. The van der Waals surface area contributed by atoms with Gasteiger partial charge in [0.2, 0.25) is 10.0 Å². The van der Waals surface area contributed by atoms with Gasteiger partial charge in [-0.2, -0.15) is 9.40 Å². The maximum atomic E-state index is 13.4. The first-order valence-corrected chi connectivity index (χ1v) is 10.4. The smallest absolute Gasteiger partial charge is 0.243 e. The Bertz CT molecular complexity index is 894. The lowest BCUT2D eigenvalue weighted by Gasteiger charge is -2.28. The Balaban J connectivity index is 1.72. The van der Waals surface area contributed by atoms with Crippen molar-refractivity contribution in [3.63, 3.8) is 0 Å². The summed E-state index contributed by atoms with van der Waals surface area (Å²) in [6.07, 6.45) is 5.51. The highest BCUT2D eigenvalue weighted by atomic mass is 32.2. The lowest BCUT2D eigenvalue weighted by molar-refractivity contribution is 0.171. The number of rotatable bonds is 3. The van der Waals surface area contributed by atoms with E-state index in [0.29, 0.717) is 31.3 Å². The third-order valence-electron chi connectivity index (χ3n) is 4.90. The Morgan fingerprint density at radius 1 is 1.08 bits per heavy atom. The molecule has 7 nitrogen and oxygen atoms in total. The van der Waals surface area contributed by atoms with Crippen LogP contribution in [-0.2, 0) is 17.1 Å². The molecule has 4 rings (SSSR count). The molecule has 2 aliphatic rings. The van der Waals surface area contributed by atoms with Gasteiger partial charge >= 0.3 is 0 Å². The number of aryl methyl sites for hydroxylation is 1. The number of hydrogen-bond acceptors (Lipinski definition) is 5. The molecule has 1 saturated heterocycles. The molecule has 0 aliphatic carbocycles. The second-order valence-corrected chi connectivity index (χ2v) is 8.59. The van der Waals surface area contributed by atoms with E-state index in [1.165, 1.54) is 0 Å². The average Bonchev–Trinajstić information content (AvgIpc) is 2.92. The summed E-state index contributed by atoms with van der Waals surface area (Å²) in [6.45, 7) is 1.40. The number of nitrogens with zero attached hydrogens (tertiary/aromatic N) is 3. The quantitative estimate of drug-likeness (QED) is 0.822. The van der Waals surface area contributed by atoms with Crippen molar-refractivity contribution < 1.29 is 17.9 Å². The Kier molecular flexibility index (Phi) is 4.62. The van der Waals surface area contributed by atoms with Crippen molar-refractivity contribution in [2.75, 3.05) is 19.8 Å². The van der Waals surface area contributed by atoms with E-state index in [4.69, 9.17) is 9.47 Å². The van der Waals surface area contributed by atoms with E-state index in [9.17, 15) is 8.42 Å². The van der Waals surface area contributed by atoms with Crippen LogP contribution in [0.15, 0.2) is 35.4 Å². The van der Waals surface area contributed by atoms with Crippen molar-refractivity contribution in [3.05, 3.63) is 36.2 Å². The van der Waals surface area contributed by atoms with Crippen molar-refractivity contribution in [1.82, 2.24) is 14.1 Å². The van der Waals surface area contributed by atoms with Gasteiger partial charge in [-0.1, -0.05) is 12.8 Å². The lowest BCUT2D eigenvalue weighted by atomic mass is 10.1. The molecule has 2 aromatic rings. The van der Waals surface area contributed by atoms with Crippen LogP contribution in [0.5, 0.6) is 11.5 Å². The van der Waals surface area contributed by atoms with Crippen LogP contribution in [0.4, 0.5) is 0 Å². The summed E-state index contributed by atoms with van der Waals surface area (Å²) in [7, 11) is -1.81. The summed E-state index contributed by atoms with van der Waals surface area (Å²) in [5.41, 5.74) is 0.801. The van der Waals surface area contributed by atoms with Crippen LogP contribution in [0.1, 0.15) is 37.4 Å². The SMILES string of the molecule is Cn1ccc(C2CCCCCN2S(=O)(=O)c2ccc3c(c2)OCCO3)n1. The summed E-state index contributed by atoms with van der Waals surface area (Å²) < 4.78 is 41.2. The standard InChI is InChI=1S/C18H23N3O4S/c1-20-10-8-15(19-20)16-5-3-2-4-9-21(16)26(22,23)14-6-7-17-18(13-14)25-12-11-24-17/h6-8,10,13,16H,2-5,9,11-12H2,1H3. The van der Waals surface area contributed by atoms with Gasteiger partial charge in [0.1, 0.15) is 13.2 Å². The third-order valence-corrected chi connectivity index (χ3v) is 6.80. The number of sulfonamides is 1. The molecule has 0 spiro atoms. The molecule has 0 saturated carbocycles. The molecular weight excluding hydrogens is 354 g/mol. The fourth-order valence-electron chi connectivity index (χ4n) is 3.60. The zero-order chi connectivity index (χ0) is 18.1. The number of benzene rings is 1. The molecule has 1 fully saturated rings. The molecule has 3 heterocycles. The predicted octanol–water partition coefficient (Wildman–Crippen LogP) is 2.50. The Morgan fingerprint density at radius 3 is 2.65 bits per heavy atom. The number of fused-ring (bicyclic) bond motifs is 1. The van der Waals surface area contributed by atoms with Crippen molar-refractivity contribution in [3.8, 4) is 11.5 Å². The summed E-state index contributed by atoms with van der Waals surface area (Å²) in [6, 6.07) is 6.52. The first kappa shape index (κ1) is 17.4. The Labute approximate surface area is 153 Å². The van der Waals surface area contributed by atoms with Gasteiger partial charge in [0.05, 0.1) is 16.6 Å². The van der Waals surface area contributed by atoms with E-state index < -0.39 is 10.0 Å². The van der Waals surface area contributed by atoms with Crippen LogP contribution in [0, 0.1) is 0 Å². The van der Waals surface area contributed by atoms with Crippen molar-refractivity contribution in [1.29, 1.82) is 0 Å². The van der Waals surface area contributed by atoms with Gasteiger partial charge in [-0.05, 0) is 31.0 Å². The second-order valence-electron chi connectivity index (χ2n) is 6.70. The molecule has 26 heavy (non-hydrogen) atoms. The van der Waals surface area contributed by atoms with E-state index >= 15 is 0 Å². The Morgan fingerprint density at radius 2 is 1.88 bits per heavy atom. The van der Waals surface area contributed by atoms with E-state index in [1.54, 1.807) is 27.2 Å². The topological polar surface area (TPSA) is 73.7 Å². The van der Waals surface area contributed by atoms with Gasteiger partial charge in [0.25, 0.3) is 0 Å². The van der Waals surface area contributed by atoms with Crippen LogP contribution in [0.2, 0.25) is 0 Å².